The molecule has 3 fully saturated rings. The normalized spacial score (nSPS) is 31.9. The number of hydrogen-bond acceptors (Lipinski definition) is 3. The van der Waals surface area contributed by atoms with Crippen molar-refractivity contribution in [3.8, 4) is 0 Å². The van der Waals surface area contributed by atoms with Gasteiger partial charge >= 0.3 is 0 Å². The van der Waals surface area contributed by atoms with Gasteiger partial charge in [-0.05, 0) is 36.7 Å². The summed E-state index contributed by atoms with van der Waals surface area (Å²) in [5.74, 6) is -0.678. The molecule has 5 rings (SSSR count). The standard InChI is InChI=1S/C24H28N2O3/c27-22(25-18-9-5-2-6-10-18)19(13-15-7-3-1-4-8-15)26-23(28)20-16-11-12-17(14-16)21(20)24(26)29/h1,3-4,7-8,11-12,16-21H,2,5-6,9-10,13-14H2,(H,25,27)/t16-,17-,19-,20-,21+/m0/s1. The minimum absolute atomic E-state index is 0.142. The molecule has 1 aliphatic heterocycles. The lowest BCUT2D eigenvalue weighted by Gasteiger charge is -2.30. The highest BCUT2D eigenvalue weighted by atomic mass is 16.2. The van der Waals surface area contributed by atoms with Crippen LogP contribution in [0.1, 0.15) is 44.1 Å². The Hall–Kier alpha value is -2.43. The van der Waals surface area contributed by atoms with Crippen molar-refractivity contribution in [1.29, 1.82) is 0 Å². The number of nitrogens with one attached hydrogen (secondary N) is 1. The SMILES string of the molecule is O=C(NC1CCCCC1)[C@H](Cc1ccccc1)N1C(=O)[C@@H]2[C@H](C1=O)[C@H]1C=C[C@H]2C1. The number of benzene rings is 1. The van der Waals surface area contributed by atoms with Crippen molar-refractivity contribution in [2.75, 3.05) is 0 Å². The third-order valence-corrected chi connectivity index (χ3v) is 7.34. The molecule has 3 amide bonds. The zero-order chi connectivity index (χ0) is 20.0. The molecule has 1 saturated heterocycles. The van der Waals surface area contributed by atoms with Crippen LogP contribution in [0.15, 0.2) is 42.5 Å². The molecule has 5 heteroatoms. The highest BCUT2D eigenvalue weighted by Crippen LogP contribution is 2.53. The molecule has 29 heavy (non-hydrogen) atoms. The van der Waals surface area contributed by atoms with E-state index in [1.807, 2.05) is 30.3 Å². The Morgan fingerprint density at radius 2 is 1.59 bits per heavy atom. The molecule has 3 aliphatic carbocycles. The second kappa shape index (κ2) is 7.43. The molecule has 4 aliphatic rings. The predicted molar refractivity (Wildman–Crippen MR) is 109 cm³/mol. The van der Waals surface area contributed by atoms with Crippen LogP contribution < -0.4 is 5.32 Å². The fourth-order valence-corrected chi connectivity index (χ4v) is 5.92. The molecule has 1 heterocycles. The third kappa shape index (κ3) is 3.21. The van der Waals surface area contributed by atoms with Crippen LogP contribution in [0, 0.1) is 23.7 Å². The van der Waals surface area contributed by atoms with E-state index in [1.165, 1.54) is 11.3 Å². The highest BCUT2D eigenvalue weighted by Gasteiger charge is 2.61. The Balaban J connectivity index is 1.41. The van der Waals surface area contributed by atoms with Gasteiger partial charge in [-0.15, -0.1) is 0 Å². The average Bonchev–Trinajstić information content (AvgIpc) is 3.42. The summed E-state index contributed by atoms with van der Waals surface area (Å²) >= 11 is 0. The van der Waals surface area contributed by atoms with Crippen LogP contribution >= 0.6 is 0 Å². The van der Waals surface area contributed by atoms with Gasteiger partial charge in [0.05, 0.1) is 11.8 Å². The van der Waals surface area contributed by atoms with Crippen LogP contribution in [0.25, 0.3) is 0 Å². The van der Waals surface area contributed by atoms with Crippen molar-refractivity contribution < 1.29 is 14.4 Å². The van der Waals surface area contributed by atoms with Gasteiger partial charge in [0.2, 0.25) is 17.7 Å². The van der Waals surface area contributed by atoms with E-state index in [0.29, 0.717) is 6.42 Å². The molecule has 152 valence electrons. The Kier molecular flexibility index (Phi) is 4.76. The Morgan fingerprint density at radius 1 is 0.966 bits per heavy atom. The average molecular weight is 392 g/mol. The monoisotopic (exact) mass is 392 g/mol. The first-order valence-corrected chi connectivity index (χ1v) is 11.0. The van der Waals surface area contributed by atoms with E-state index in [1.54, 1.807) is 0 Å². The summed E-state index contributed by atoms with van der Waals surface area (Å²) < 4.78 is 0. The Bertz CT molecular complexity index is 813. The summed E-state index contributed by atoms with van der Waals surface area (Å²) in [7, 11) is 0. The van der Waals surface area contributed by atoms with Crippen LogP contribution in [-0.2, 0) is 20.8 Å². The molecule has 1 aromatic carbocycles. The van der Waals surface area contributed by atoms with Gasteiger partial charge in [-0.1, -0.05) is 61.7 Å². The van der Waals surface area contributed by atoms with E-state index in [0.717, 1.165) is 37.7 Å². The van der Waals surface area contributed by atoms with E-state index < -0.39 is 6.04 Å². The summed E-state index contributed by atoms with van der Waals surface area (Å²) in [4.78, 5) is 41.3. The fraction of sp³-hybridized carbons (Fsp3) is 0.542. The molecule has 1 aromatic rings. The van der Waals surface area contributed by atoms with Crippen LogP contribution in [0.2, 0.25) is 0 Å². The summed E-state index contributed by atoms with van der Waals surface area (Å²) in [6.45, 7) is 0. The smallest absolute Gasteiger partial charge is 0.243 e. The fourth-order valence-electron chi connectivity index (χ4n) is 5.92. The number of imide groups is 1. The van der Waals surface area contributed by atoms with Gasteiger partial charge in [-0.25, -0.2) is 0 Å². The number of carbonyl (C=O) groups excluding carboxylic acids is 3. The van der Waals surface area contributed by atoms with Gasteiger partial charge in [0.25, 0.3) is 0 Å². The Morgan fingerprint density at radius 3 is 2.21 bits per heavy atom. The Labute approximate surface area is 171 Å². The maximum Gasteiger partial charge on any atom is 0.243 e. The van der Waals surface area contributed by atoms with Crippen molar-refractivity contribution in [3.63, 3.8) is 0 Å². The van der Waals surface area contributed by atoms with Crippen molar-refractivity contribution in [3.05, 3.63) is 48.0 Å². The molecular weight excluding hydrogens is 364 g/mol. The first kappa shape index (κ1) is 18.6. The number of nitrogens with zero attached hydrogens (tertiary/aromatic N) is 1. The quantitative estimate of drug-likeness (QED) is 0.619. The van der Waals surface area contributed by atoms with E-state index in [-0.39, 0.29) is 47.4 Å². The summed E-state index contributed by atoms with van der Waals surface area (Å²) in [6.07, 6.45) is 10.9. The van der Waals surface area contributed by atoms with Gasteiger partial charge in [-0.2, -0.15) is 0 Å². The first-order chi connectivity index (χ1) is 14.1. The van der Waals surface area contributed by atoms with Gasteiger partial charge in [0, 0.05) is 12.5 Å². The predicted octanol–water partition coefficient (Wildman–Crippen LogP) is 2.85. The molecule has 2 bridgehead atoms. The van der Waals surface area contributed by atoms with Gasteiger partial charge < -0.3 is 5.32 Å². The lowest BCUT2D eigenvalue weighted by atomic mass is 9.85. The second-order valence-electron chi connectivity index (χ2n) is 9.10. The van der Waals surface area contributed by atoms with Gasteiger partial charge in [0.15, 0.2) is 0 Å². The van der Waals surface area contributed by atoms with Crippen molar-refractivity contribution >= 4 is 17.7 Å². The molecule has 5 nitrogen and oxygen atoms in total. The largest absolute Gasteiger partial charge is 0.352 e. The maximum atomic E-state index is 13.3. The van der Waals surface area contributed by atoms with E-state index in [2.05, 4.69) is 17.5 Å². The molecule has 0 unspecified atom stereocenters. The number of carbonyl (C=O) groups is 3. The molecule has 2 saturated carbocycles. The first-order valence-electron chi connectivity index (χ1n) is 11.0. The minimum atomic E-state index is -0.760. The second-order valence-corrected chi connectivity index (χ2v) is 9.10. The number of hydrogen-bond donors (Lipinski definition) is 1. The van der Waals surface area contributed by atoms with Crippen LogP contribution in [0.4, 0.5) is 0 Å². The third-order valence-electron chi connectivity index (χ3n) is 7.34. The van der Waals surface area contributed by atoms with Crippen LogP contribution in [0.3, 0.4) is 0 Å². The number of amides is 3. The molecule has 5 atom stereocenters. The lowest BCUT2D eigenvalue weighted by Crippen LogP contribution is -2.53. The van der Waals surface area contributed by atoms with Crippen molar-refractivity contribution in [2.45, 2.75) is 57.0 Å². The summed E-state index contributed by atoms with van der Waals surface area (Å²) in [5.41, 5.74) is 0.968. The van der Waals surface area contributed by atoms with Crippen LogP contribution in [-0.4, -0.2) is 34.7 Å². The topological polar surface area (TPSA) is 66.5 Å². The maximum absolute atomic E-state index is 13.3. The van der Waals surface area contributed by atoms with Gasteiger partial charge in [-0.3, -0.25) is 19.3 Å². The lowest BCUT2D eigenvalue weighted by molar-refractivity contribution is -0.148. The van der Waals surface area contributed by atoms with Gasteiger partial charge in [0.1, 0.15) is 6.04 Å². The summed E-state index contributed by atoms with van der Waals surface area (Å²) in [5, 5.41) is 3.16. The molecule has 0 spiro atoms. The molecular formula is C24H28N2O3. The van der Waals surface area contributed by atoms with Crippen molar-refractivity contribution in [2.24, 2.45) is 23.7 Å². The minimum Gasteiger partial charge on any atom is -0.352 e. The van der Waals surface area contributed by atoms with E-state index in [9.17, 15) is 14.4 Å². The van der Waals surface area contributed by atoms with Crippen LogP contribution in [0.5, 0.6) is 0 Å². The zero-order valence-electron chi connectivity index (χ0n) is 16.6. The number of allylic oxidation sites excluding steroid dienone is 2. The number of rotatable bonds is 5. The van der Waals surface area contributed by atoms with E-state index >= 15 is 0 Å². The number of likely N-dealkylation sites (tertiary alicyclic amines) is 1. The molecule has 0 aromatic heterocycles. The highest BCUT2D eigenvalue weighted by molar-refractivity contribution is 6.09. The molecule has 0 radical (unpaired) electrons. The zero-order valence-corrected chi connectivity index (χ0v) is 16.6. The summed E-state index contributed by atoms with van der Waals surface area (Å²) in [6, 6.07) is 9.09. The van der Waals surface area contributed by atoms with E-state index in [4.69, 9.17) is 0 Å². The number of fused-ring (bicyclic) bond motifs is 5. The molecule has 1 N–H and O–H groups in total. The van der Waals surface area contributed by atoms with Crippen molar-refractivity contribution in [1.82, 2.24) is 10.2 Å².